The Morgan fingerprint density at radius 2 is 2.04 bits per heavy atom. The summed E-state index contributed by atoms with van der Waals surface area (Å²) in [4.78, 5) is 6.49. The molecule has 2 fully saturated rings. The molecular weight excluding hydrogens is 361 g/mol. The number of pyridine rings is 1. The van der Waals surface area contributed by atoms with Gasteiger partial charge in [-0.05, 0) is 42.9 Å². The molecule has 3 heterocycles. The fraction of sp³-hybridized carbons (Fsp3) is 0.722. The summed E-state index contributed by atoms with van der Waals surface area (Å²) in [6.45, 7) is 7.26. The quantitative estimate of drug-likeness (QED) is 0.828. The lowest BCUT2D eigenvalue weighted by Gasteiger charge is -2.49. The molecule has 7 heteroatoms. The Morgan fingerprint density at radius 1 is 1.36 bits per heavy atom. The normalized spacial score (nSPS) is 26.1. The van der Waals surface area contributed by atoms with Crippen LogP contribution in [0, 0.1) is 5.92 Å². The first kappa shape index (κ1) is 22.5. The van der Waals surface area contributed by atoms with Crippen molar-refractivity contribution < 1.29 is 9.84 Å². The number of hydrogen-bond donors (Lipinski definition) is 2. The molecule has 0 saturated carbocycles. The van der Waals surface area contributed by atoms with Crippen LogP contribution >= 0.6 is 24.8 Å². The third-order valence-corrected chi connectivity index (χ3v) is 5.28. The zero-order chi connectivity index (χ0) is 16.4. The molecule has 1 aromatic rings. The van der Waals surface area contributed by atoms with Gasteiger partial charge in [0, 0.05) is 32.3 Å². The summed E-state index contributed by atoms with van der Waals surface area (Å²) in [5.74, 6) is 1.04. The lowest BCUT2D eigenvalue weighted by molar-refractivity contribution is -0.193. The van der Waals surface area contributed by atoms with E-state index in [0.717, 1.165) is 45.3 Å². The molecular formula is C18H31Cl2N3O2. The van der Waals surface area contributed by atoms with Crippen molar-refractivity contribution in [3.05, 3.63) is 23.9 Å². The second kappa shape index (κ2) is 9.38. The highest BCUT2D eigenvalue weighted by Gasteiger charge is 2.43. The van der Waals surface area contributed by atoms with Crippen LogP contribution in [-0.2, 0) is 11.3 Å². The fourth-order valence-corrected chi connectivity index (χ4v) is 3.90. The lowest BCUT2D eigenvalue weighted by Crippen LogP contribution is -2.53. The second-order valence-corrected chi connectivity index (χ2v) is 7.54. The summed E-state index contributed by atoms with van der Waals surface area (Å²) >= 11 is 0. The number of nitrogens with zero attached hydrogens (tertiary/aromatic N) is 2. The van der Waals surface area contributed by atoms with E-state index in [-0.39, 0.29) is 42.6 Å². The molecule has 2 saturated heterocycles. The number of hydrogen-bond acceptors (Lipinski definition) is 5. The van der Waals surface area contributed by atoms with Gasteiger partial charge in [-0.1, -0.05) is 13.8 Å². The summed E-state index contributed by atoms with van der Waals surface area (Å²) in [6.07, 6.45) is 5.28. The Balaban J connectivity index is 0.00000156. The number of anilines is 1. The van der Waals surface area contributed by atoms with E-state index < -0.39 is 0 Å². The minimum absolute atomic E-state index is 0. The van der Waals surface area contributed by atoms with Gasteiger partial charge >= 0.3 is 0 Å². The highest BCUT2D eigenvalue weighted by molar-refractivity contribution is 5.85. The van der Waals surface area contributed by atoms with Gasteiger partial charge in [0.15, 0.2) is 0 Å². The Bertz CT molecular complexity index is 537. The average Bonchev–Trinajstić information content (AvgIpc) is 2.49. The molecule has 2 atom stereocenters. The van der Waals surface area contributed by atoms with E-state index in [4.69, 9.17) is 10.5 Å². The molecule has 3 rings (SSSR count). The Kier molecular flexibility index (Phi) is 8.42. The highest BCUT2D eigenvalue weighted by atomic mass is 35.5. The number of aromatic nitrogens is 1. The largest absolute Gasteiger partial charge is 0.393 e. The first-order valence-electron chi connectivity index (χ1n) is 8.74. The van der Waals surface area contributed by atoms with E-state index in [9.17, 15) is 5.11 Å². The molecule has 0 bridgehead atoms. The van der Waals surface area contributed by atoms with Crippen LogP contribution in [0.5, 0.6) is 0 Å². The second-order valence-electron chi connectivity index (χ2n) is 7.54. The number of piperidine rings is 1. The van der Waals surface area contributed by atoms with Crippen molar-refractivity contribution in [1.29, 1.82) is 0 Å². The van der Waals surface area contributed by atoms with Gasteiger partial charge in [-0.2, -0.15) is 0 Å². The molecule has 144 valence electrons. The number of ether oxygens (including phenoxy) is 1. The number of aliphatic hydroxyl groups is 1. The van der Waals surface area contributed by atoms with Gasteiger partial charge in [0.1, 0.15) is 5.82 Å². The molecule has 25 heavy (non-hydrogen) atoms. The average molecular weight is 392 g/mol. The summed E-state index contributed by atoms with van der Waals surface area (Å²) in [7, 11) is 0. The number of rotatable bonds is 3. The van der Waals surface area contributed by atoms with Gasteiger partial charge in [-0.15, -0.1) is 24.8 Å². The summed E-state index contributed by atoms with van der Waals surface area (Å²) in [5.41, 5.74) is 6.84. The minimum Gasteiger partial charge on any atom is -0.393 e. The first-order valence-corrected chi connectivity index (χ1v) is 8.74. The van der Waals surface area contributed by atoms with Gasteiger partial charge < -0.3 is 15.6 Å². The molecule has 0 amide bonds. The SMILES string of the molecule is CC(C)[C@H]1C[C@@H](O)CC2(CCN(Cc3ccnc(N)c3)CC2)O1.Cl.Cl. The predicted octanol–water partition coefficient (Wildman–Crippen LogP) is 3.04. The molecule has 2 aliphatic rings. The van der Waals surface area contributed by atoms with Crippen LogP contribution in [0.2, 0.25) is 0 Å². The maximum Gasteiger partial charge on any atom is 0.123 e. The number of likely N-dealkylation sites (tertiary alicyclic amines) is 1. The highest BCUT2D eigenvalue weighted by Crippen LogP contribution is 2.39. The van der Waals surface area contributed by atoms with E-state index in [1.807, 2.05) is 12.1 Å². The number of nitrogen functional groups attached to an aromatic ring is 1. The molecule has 0 aromatic carbocycles. The monoisotopic (exact) mass is 391 g/mol. The minimum atomic E-state index is -0.220. The van der Waals surface area contributed by atoms with Crippen molar-refractivity contribution in [3.63, 3.8) is 0 Å². The van der Waals surface area contributed by atoms with Gasteiger partial charge in [-0.25, -0.2) is 4.98 Å². The maximum absolute atomic E-state index is 10.3. The number of aliphatic hydroxyl groups excluding tert-OH is 1. The molecule has 1 aromatic heterocycles. The van der Waals surface area contributed by atoms with E-state index in [0.29, 0.717) is 11.7 Å². The molecule has 0 radical (unpaired) electrons. The summed E-state index contributed by atoms with van der Waals surface area (Å²) in [6, 6.07) is 3.97. The number of halogens is 2. The maximum atomic E-state index is 10.3. The van der Waals surface area contributed by atoms with Gasteiger partial charge in [0.25, 0.3) is 0 Å². The summed E-state index contributed by atoms with van der Waals surface area (Å²) in [5, 5.41) is 10.3. The van der Waals surface area contributed by atoms with E-state index in [2.05, 4.69) is 23.7 Å². The molecule has 0 aliphatic carbocycles. The van der Waals surface area contributed by atoms with Crippen molar-refractivity contribution >= 4 is 30.6 Å². The van der Waals surface area contributed by atoms with Gasteiger partial charge in [0.05, 0.1) is 17.8 Å². The molecule has 5 nitrogen and oxygen atoms in total. The Hall–Kier alpha value is -0.590. The van der Waals surface area contributed by atoms with Crippen molar-refractivity contribution in [2.24, 2.45) is 5.92 Å². The van der Waals surface area contributed by atoms with Crippen molar-refractivity contribution in [3.8, 4) is 0 Å². The first-order chi connectivity index (χ1) is 11.0. The van der Waals surface area contributed by atoms with Gasteiger partial charge in [0.2, 0.25) is 0 Å². The molecule has 0 unspecified atom stereocenters. The summed E-state index contributed by atoms with van der Waals surface area (Å²) < 4.78 is 6.45. The van der Waals surface area contributed by atoms with E-state index >= 15 is 0 Å². The Labute approximate surface area is 163 Å². The molecule has 1 spiro atoms. The third-order valence-electron chi connectivity index (χ3n) is 5.28. The standard InChI is InChI=1S/C18H29N3O2.2ClH/c1-13(2)16-10-15(22)11-18(23-16)4-7-21(8-5-18)12-14-3-6-20-17(19)9-14;;/h3,6,9,13,15-16,22H,4-5,7-8,10-12H2,1-2H3,(H2,19,20);2*1H/t15-,16-;;/m1../s1. The van der Waals surface area contributed by atoms with Crippen LogP contribution in [0.15, 0.2) is 18.3 Å². The van der Waals surface area contributed by atoms with E-state index in [1.165, 1.54) is 5.56 Å². The number of nitrogens with two attached hydrogens (primary N) is 1. The molecule has 3 N–H and O–H groups in total. The van der Waals surface area contributed by atoms with E-state index in [1.54, 1.807) is 6.20 Å². The van der Waals surface area contributed by atoms with Crippen LogP contribution < -0.4 is 5.73 Å². The van der Waals surface area contributed by atoms with Crippen LogP contribution in [0.3, 0.4) is 0 Å². The van der Waals surface area contributed by atoms with Crippen LogP contribution in [-0.4, -0.2) is 45.9 Å². The predicted molar refractivity (Wildman–Crippen MR) is 105 cm³/mol. The third kappa shape index (κ3) is 5.69. The topological polar surface area (TPSA) is 71.6 Å². The smallest absolute Gasteiger partial charge is 0.123 e. The lowest BCUT2D eigenvalue weighted by atomic mass is 9.80. The van der Waals surface area contributed by atoms with Crippen LogP contribution in [0.25, 0.3) is 0 Å². The van der Waals surface area contributed by atoms with Crippen molar-refractivity contribution in [2.75, 3.05) is 18.8 Å². The Morgan fingerprint density at radius 3 is 2.64 bits per heavy atom. The van der Waals surface area contributed by atoms with Crippen LogP contribution in [0.4, 0.5) is 5.82 Å². The van der Waals surface area contributed by atoms with Crippen molar-refractivity contribution in [2.45, 2.75) is 63.9 Å². The zero-order valence-corrected chi connectivity index (χ0v) is 16.7. The zero-order valence-electron chi connectivity index (χ0n) is 15.1. The van der Waals surface area contributed by atoms with Crippen molar-refractivity contribution in [1.82, 2.24) is 9.88 Å². The van der Waals surface area contributed by atoms with Crippen LogP contribution in [0.1, 0.15) is 45.1 Å². The molecule has 2 aliphatic heterocycles. The van der Waals surface area contributed by atoms with Gasteiger partial charge in [-0.3, -0.25) is 4.90 Å². The fourth-order valence-electron chi connectivity index (χ4n) is 3.90.